The zero-order valence-electron chi connectivity index (χ0n) is 36.0. The standard InChI is InChI=1S/C59H51N/c1-36-21-25-40(26-22-36)60(41-27-30-48-45-17-11-14-20-53(45)59(7,8)56(48)35-41)42-33-49(38-23-28-46-43-15-9-12-18-51(43)57(3,4)54(46)31-38)37(2)50(34-42)39-24-29-47-44-16-10-13-19-52(44)58(5,6)55(47)32-39/h9-35H,1-8H3. The van der Waals surface area contributed by atoms with E-state index in [4.69, 9.17) is 0 Å². The molecule has 0 bridgehead atoms. The largest absolute Gasteiger partial charge is 0.310 e. The van der Waals surface area contributed by atoms with Crippen LogP contribution in [0, 0.1) is 13.8 Å². The van der Waals surface area contributed by atoms with E-state index in [9.17, 15) is 0 Å². The third-order valence-electron chi connectivity index (χ3n) is 14.6. The van der Waals surface area contributed by atoms with Crippen LogP contribution in [0.3, 0.4) is 0 Å². The van der Waals surface area contributed by atoms with Crippen LogP contribution < -0.4 is 4.90 Å². The predicted octanol–water partition coefficient (Wildman–Crippen LogP) is 16.0. The van der Waals surface area contributed by atoms with E-state index < -0.39 is 0 Å². The quantitative estimate of drug-likeness (QED) is 0.168. The Balaban J connectivity index is 1.15. The van der Waals surface area contributed by atoms with Gasteiger partial charge in [0.25, 0.3) is 0 Å². The second-order valence-electron chi connectivity index (χ2n) is 19.1. The number of aryl methyl sites for hydroxylation is 1. The van der Waals surface area contributed by atoms with Crippen molar-refractivity contribution in [2.24, 2.45) is 0 Å². The van der Waals surface area contributed by atoms with Gasteiger partial charge in [0.15, 0.2) is 0 Å². The minimum atomic E-state index is -0.117. The van der Waals surface area contributed by atoms with Crippen molar-refractivity contribution in [3.63, 3.8) is 0 Å². The normalized spacial score (nSPS) is 15.4. The first-order valence-electron chi connectivity index (χ1n) is 21.6. The average molecular weight is 774 g/mol. The molecule has 3 aliphatic rings. The first kappa shape index (κ1) is 36.6. The molecule has 1 heteroatoms. The van der Waals surface area contributed by atoms with E-state index >= 15 is 0 Å². The molecule has 0 aromatic heterocycles. The molecule has 0 unspecified atom stereocenters. The highest BCUT2D eigenvalue weighted by atomic mass is 15.1. The lowest BCUT2D eigenvalue weighted by Crippen LogP contribution is -2.17. The second kappa shape index (κ2) is 12.8. The van der Waals surface area contributed by atoms with Crippen LogP contribution in [-0.2, 0) is 16.2 Å². The third-order valence-corrected chi connectivity index (χ3v) is 14.6. The summed E-state index contributed by atoms with van der Waals surface area (Å²) in [5, 5.41) is 0. The van der Waals surface area contributed by atoms with E-state index in [1.54, 1.807) is 0 Å². The van der Waals surface area contributed by atoms with E-state index in [0.29, 0.717) is 0 Å². The molecule has 0 aliphatic heterocycles. The highest BCUT2D eigenvalue weighted by Gasteiger charge is 2.38. The number of benzene rings is 8. The van der Waals surface area contributed by atoms with E-state index in [1.807, 2.05) is 0 Å². The minimum Gasteiger partial charge on any atom is -0.310 e. The summed E-state index contributed by atoms with van der Waals surface area (Å²) in [6.45, 7) is 18.8. The van der Waals surface area contributed by atoms with Gasteiger partial charge in [-0.1, -0.05) is 162 Å². The molecular formula is C59H51N. The third kappa shape index (κ3) is 5.18. The Bertz CT molecular complexity index is 2950. The number of fused-ring (bicyclic) bond motifs is 9. The zero-order chi connectivity index (χ0) is 41.3. The SMILES string of the molecule is Cc1ccc(N(c2cc(-c3ccc4c(c3)C(C)(C)c3ccccc3-4)c(C)c(-c3ccc4c(c3)C(C)(C)c3ccccc3-4)c2)c2ccc3c(c2)C(C)(C)c2ccccc2-3)cc1. The summed E-state index contributed by atoms with van der Waals surface area (Å²) < 4.78 is 0. The molecule has 0 atom stereocenters. The number of nitrogens with zero attached hydrogens (tertiary/aromatic N) is 1. The van der Waals surface area contributed by atoms with Crippen LogP contribution in [0.15, 0.2) is 164 Å². The van der Waals surface area contributed by atoms with Crippen molar-refractivity contribution in [3.8, 4) is 55.6 Å². The van der Waals surface area contributed by atoms with Gasteiger partial charge >= 0.3 is 0 Å². The molecule has 0 N–H and O–H groups in total. The highest BCUT2D eigenvalue weighted by Crippen LogP contribution is 2.54. The van der Waals surface area contributed by atoms with Crippen molar-refractivity contribution in [2.45, 2.75) is 71.6 Å². The predicted molar refractivity (Wildman–Crippen MR) is 254 cm³/mol. The molecule has 0 saturated carbocycles. The van der Waals surface area contributed by atoms with Gasteiger partial charge in [-0.3, -0.25) is 0 Å². The lowest BCUT2D eigenvalue weighted by Gasteiger charge is -2.30. The molecular weight excluding hydrogens is 723 g/mol. The van der Waals surface area contributed by atoms with Crippen molar-refractivity contribution in [1.29, 1.82) is 0 Å². The van der Waals surface area contributed by atoms with Gasteiger partial charge in [-0.25, -0.2) is 0 Å². The van der Waals surface area contributed by atoms with E-state index in [0.717, 1.165) is 17.1 Å². The zero-order valence-corrected chi connectivity index (χ0v) is 36.0. The van der Waals surface area contributed by atoms with Crippen molar-refractivity contribution >= 4 is 17.1 Å². The summed E-state index contributed by atoms with van der Waals surface area (Å²) >= 11 is 0. The summed E-state index contributed by atoms with van der Waals surface area (Å²) in [7, 11) is 0. The van der Waals surface area contributed by atoms with Crippen LogP contribution in [0.2, 0.25) is 0 Å². The summed E-state index contributed by atoms with van der Waals surface area (Å²) in [4.78, 5) is 2.49. The molecule has 292 valence electrons. The van der Waals surface area contributed by atoms with Crippen LogP contribution in [-0.4, -0.2) is 0 Å². The van der Waals surface area contributed by atoms with E-state index in [1.165, 1.54) is 100 Å². The topological polar surface area (TPSA) is 3.24 Å². The van der Waals surface area contributed by atoms with Gasteiger partial charge in [0.05, 0.1) is 0 Å². The Morgan fingerprint density at radius 1 is 0.300 bits per heavy atom. The Hall–Kier alpha value is -6.44. The first-order chi connectivity index (χ1) is 28.8. The Morgan fingerprint density at radius 3 is 1.12 bits per heavy atom. The number of hydrogen-bond acceptors (Lipinski definition) is 1. The van der Waals surface area contributed by atoms with Crippen LogP contribution in [0.4, 0.5) is 17.1 Å². The molecule has 0 radical (unpaired) electrons. The summed E-state index contributed by atoms with van der Waals surface area (Å²) in [5.74, 6) is 0. The lowest BCUT2D eigenvalue weighted by molar-refractivity contribution is 0.660. The molecule has 0 spiro atoms. The summed E-state index contributed by atoms with van der Waals surface area (Å²) in [6, 6.07) is 62.4. The van der Waals surface area contributed by atoms with E-state index in [2.05, 4.69) is 224 Å². The first-order valence-corrected chi connectivity index (χ1v) is 21.6. The van der Waals surface area contributed by atoms with Gasteiger partial charge in [0, 0.05) is 33.3 Å². The maximum atomic E-state index is 2.49. The fraction of sp³-hybridized carbons (Fsp3) is 0.186. The minimum absolute atomic E-state index is 0.0976. The maximum absolute atomic E-state index is 2.49. The molecule has 60 heavy (non-hydrogen) atoms. The fourth-order valence-corrected chi connectivity index (χ4v) is 11.1. The molecule has 8 aromatic rings. The number of anilines is 3. The van der Waals surface area contributed by atoms with Crippen LogP contribution in [0.5, 0.6) is 0 Å². The second-order valence-corrected chi connectivity index (χ2v) is 19.1. The molecule has 8 aromatic carbocycles. The van der Waals surface area contributed by atoms with Crippen molar-refractivity contribution in [2.75, 3.05) is 4.90 Å². The highest BCUT2D eigenvalue weighted by molar-refractivity contribution is 5.92. The van der Waals surface area contributed by atoms with Gasteiger partial charge in [-0.2, -0.15) is 0 Å². The molecule has 0 saturated heterocycles. The summed E-state index contributed by atoms with van der Waals surface area (Å²) in [6.07, 6.45) is 0. The average Bonchev–Trinajstić information content (AvgIpc) is 3.74. The van der Waals surface area contributed by atoms with Crippen molar-refractivity contribution in [1.82, 2.24) is 0 Å². The molecule has 0 heterocycles. The van der Waals surface area contributed by atoms with Gasteiger partial charge in [0.1, 0.15) is 0 Å². The monoisotopic (exact) mass is 773 g/mol. The molecule has 0 amide bonds. The molecule has 11 rings (SSSR count). The van der Waals surface area contributed by atoms with Crippen LogP contribution in [0.1, 0.15) is 86.1 Å². The molecule has 3 aliphatic carbocycles. The fourth-order valence-electron chi connectivity index (χ4n) is 11.1. The van der Waals surface area contributed by atoms with Crippen molar-refractivity contribution in [3.05, 3.63) is 208 Å². The smallest absolute Gasteiger partial charge is 0.0474 e. The van der Waals surface area contributed by atoms with Gasteiger partial charge < -0.3 is 4.90 Å². The Kier molecular flexibility index (Phi) is 7.80. The van der Waals surface area contributed by atoms with Gasteiger partial charge in [-0.05, 0) is 157 Å². The molecule has 0 fully saturated rings. The number of rotatable bonds is 5. The number of hydrogen-bond donors (Lipinski definition) is 0. The lowest BCUT2D eigenvalue weighted by atomic mass is 9.80. The van der Waals surface area contributed by atoms with Crippen LogP contribution >= 0.6 is 0 Å². The van der Waals surface area contributed by atoms with Crippen molar-refractivity contribution < 1.29 is 0 Å². The Morgan fingerprint density at radius 2 is 0.667 bits per heavy atom. The van der Waals surface area contributed by atoms with E-state index in [-0.39, 0.29) is 16.2 Å². The Labute approximate surface area is 356 Å². The van der Waals surface area contributed by atoms with Gasteiger partial charge in [-0.15, -0.1) is 0 Å². The maximum Gasteiger partial charge on any atom is 0.0474 e. The summed E-state index contributed by atoms with van der Waals surface area (Å²) in [5.41, 5.74) is 27.1. The van der Waals surface area contributed by atoms with Crippen LogP contribution in [0.25, 0.3) is 55.6 Å². The molecule has 1 nitrogen and oxygen atoms in total. The van der Waals surface area contributed by atoms with Gasteiger partial charge in [0.2, 0.25) is 0 Å².